The number of ether oxygens (including phenoxy) is 1. The maximum absolute atomic E-state index is 11.5. The highest BCUT2D eigenvalue weighted by molar-refractivity contribution is 7.17. The van der Waals surface area contributed by atoms with Gasteiger partial charge in [-0.3, -0.25) is 4.79 Å². The Kier molecular flexibility index (Phi) is 4.10. The lowest BCUT2D eigenvalue weighted by molar-refractivity contribution is -0.130. The molecule has 0 saturated carbocycles. The molecule has 0 bridgehead atoms. The van der Waals surface area contributed by atoms with Gasteiger partial charge in [0.05, 0.1) is 18.5 Å². The van der Waals surface area contributed by atoms with E-state index in [-0.39, 0.29) is 0 Å². The second-order valence-electron chi connectivity index (χ2n) is 6.00. The zero-order chi connectivity index (χ0) is 17.4. The van der Waals surface area contributed by atoms with Gasteiger partial charge >= 0.3 is 0 Å². The molecule has 1 aliphatic heterocycles. The minimum Gasteiger partial charge on any atom is -0.367 e. The number of nitrogens with zero attached hydrogens (tertiary/aromatic N) is 3. The summed E-state index contributed by atoms with van der Waals surface area (Å²) in [5.74, 6) is 1.11. The lowest BCUT2D eigenvalue weighted by Crippen LogP contribution is -2.48. The van der Waals surface area contributed by atoms with Crippen molar-refractivity contribution in [3.8, 4) is 11.1 Å². The number of benzene rings is 1. The van der Waals surface area contributed by atoms with Crippen LogP contribution >= 0.6 is 11.3 Å². The molecule has 1 atom stereocenters. The molecule has 1 aromatic carbocycles. The molecule has 4 rings (SSSR count). The molecule has 2 N–H and O–H groups in total. The number of carbonyl (C=O) groups is 1. The molecule has 3 aromatic rings. The van der Waals surface area contributed by atoms with Crippen molar-refractivity contribution in [1.29, 1.82) is 0 Å². The van der Waals surface area contributed by atoms with Crippen LogP contribution in [0.5, 0.6) is 0 Å². The van der Waals surface area contributed by atoms with E-state index in [0.717, 1.165) is 27.2 Å². The maximum atomic E-state index is 11.5. The van der Waals surface area contributed by atoms with E-state index in [1.807, 2.05) is 25.1 Å². The minimum absolute atomic E-state index is 0.408. The van der Waals surface area contributed by atoms with E-state index in [2.05, 4.69) is 27.4 Å². The van der Waals surface area contributed by atoms with E-state index in [1.165, 1.54) is 0 Å². The van der Waals surface area contributed by atoms with Crippen molar-refractivity contribution in [3.63, 3.8) is 0 Å². The molecule has 0 radical (unpaired) electrons. The van der Waals surface area contributed by atoms with Gasteiger partial charge in [0.25, 0.3) is 0 Å². The van der Waals surface area contributed by atoms with E-state index in [1.54, 1.807) is 11.3 Å². The Hall–Kier alpha value is -2.51. The van der Waals surface area contributed by atoms with Crippen molar-refractivity contribution in [2.75, 3.05) is 24.6 Å². The number of fused-ring (bicyclic) bond motifs is 1. The van der Waals surface area contributed by atoms with Gasteiger partial charge in [0.15, 0.2) is 6.10 Å². The van der Waals surface area contributed by atoms with Crippen molar-refractivity contribution in [2.45, 2.75) is 13.0 Å². The third-order valence-electron chi connectivity index (χ3n) is 4.29. The first kappa shape index (κ1) is 16.0. The second-order valence-corrected chi connectivity index (χ2v) is 6.86. The van der Waals surface area contributed by atoms with Gasteiger partial charge in [-0.25, -0.2) is 9.97 Å². The van der Waals surface area contributed by atoms with Crippen LogP contribution in [-0.4, -0.2) is 41.7 Å². The molecule has 3 heterocycles. The van der Waals surface area contributed by atoms with Gasteiger partial charge in [-0.15, -0.1) is 11.3 Å². The molecule has 2 aromatic heterocycles. The third kappa shape index (κ3) is 2.96. The van der Waals surface area contributed by atoms with Crippen molar-refractivity contribution >= 4 is 33.3 Å². The van der Waals surface area contributed by atoms with Gasteiger partial charge in [0.2, 0.25) is 5.91 Å². The quantitative estimate of drug-likeness (QED) is 0.781. The van der Waals surface area contributed by atoms with Crippen LogP contribution < -0.4 is 10.6 Å². The summed E-state index contributed by atoms with van der Waals surface area (Å²) in [4.78, 5) is 23.8. The molecule has 1 aliphatic rings. The van der Waals surface area contributed by atoms with Gasteiger partial charge in [0.1, 0.15) is 16.5 Å². The van der Waals surface area contributed by atoms with Crippen molar-refractivity contribution in [2.24, 2.45) is 5.73 Å². The SMILES string of the molecule is Cc1nc(N2CCOC(C(N)=O)C2)c2c(-c3ccccc3)csc2n1. The number of aryl methyl sites for hydroxylation is 1. The highest BCUT2D eigenvalue weighted by Crippen LogP contribution is 2.38. The molecule has 6 nitrogen and oxygen atoms in total. The highest BCUT2D eigenvalue weighted by atomic mass is 32.1. The average molecular weight is 354 g/mol. The number of hydrogen-bond donors (Lipinski definition) is 1. The van der Waals surface area contributed by atoms with Crippen LogP contribution in [0.3, 0.4) is 0 Å². The molecule has 1 saturated heterocycles. The number of primary amides is 1. The van der Waals surface area contributed by atoms with Crippen LogP contribution in [0.4, 0.5) is 5.82 Å². The number of nitrogens with two attached hydrogens (primary N) is 1. The normalized spacial score (nSPS) is 17.8. The largest absolute Gasteiger partial charge is 0.367 e. The number of rotatable bonds is 3. The van der Waals surface area contributed by atoms with Crippen LogP contribution in [0.1, 0.15) is 5.82 Å². The van der Waals surface area contributed by atoms with Crippen LogP contribution in [0.25, 0.3) is 21.3 Å². The van der Waals surface area contributed by atoms with Crippen molar-refractivity contribution in [1.82, 2.24) is 9.97 Å². The molecule has 1 unspecified atom stereocenters. The van der Waals surface area contributed by atoms with E-state index in [9.17, 15) is 4.79 Å². The first-order valence-corrected chi connectivity index (χ1v) is 8.98. The molecular formula is C18H18N4O2S. The number of hydrogen-bond acceptors (Lipinski definition) is 6. The van der Waals surface area contributed by atoms with Crippen LogP contribution in [0.15, 0.2) is 35.7 Å². The molecule has 25 heavy (non-hydrogen) atoms. The molecular weight excluding hydrogens is 336 g/mol. The molecule has 1 amide bonds. The Labute approximate surface area is 149 Å². The average Bonchev–Trinajstić information content (AvgIpc) is 3.05. The number of morpholine rings is 1. The van der Waals surface area contributed by atoms with E-state index < -0.39 is 12.0 Å². The van der Waals surface area contributed by atoms with E-state index in [4.69, 9.17) is 15.5 Å². The summed E-state index contributed by atoms with van der Waals surface area (Å²) in [5.41, 5.74) is 7.67. The Morgan fingerprint density at radius 2 is 2.12 bits per heavy atom. The zero-order valence-electron chi connectivity index (χ0n) is 13.8. The van der Waals surface area contributed by atoms with Gasteiger partial charge in [0, 0.05) is 17.5 Å². The summed E-state index contributed by atoms with van der Waals surface area (Å²) in [6.07, 6.45) is -0.613. The first-order valence-electron chi connectivity index (χ1n) is 8.10. The highest BCUT2D eigenvalue weighted by Gasteiger charge is 2.28. The van der Waals surface area contributed by atoms with Gasteiger partial charge in [-0.2, -0.15) is 0 Å². The number of amides is 1. The number of carbonyl (C=O) groups excluding carboxylic acids is 1. The molecule has 7 heteroatoms. The Balaban J connectivity index is 1.85. The molecule has 128 valence electrons. The fourth-order valence-electron chi connectivity index (χ4n) is 3.10. The Bertz CT molecular complexity index is 925. The summed E-state index contributed by atoms with van der Waals surface area (Å²) in [7, 11) is 0. The monoisotopic (exact) mass is 354 g/mol. The lowest BCUT2D eigenvalue weighted by atomic mass is 10.1. The van der Waals surface area contributed by atoms with Gasteiger partial charge in [-0.1, -0.05) is 30.3 Å². The third-order valence-corrected chi connectivity index (χ3v) is 5.17. The predicted molar refractivity (Wildman–Crippen MR) is 98.7 cm³/mol. The molecule has 0 aliphatic carbocycles. The van der Waals surface area contributed by atoms with Crippen molar-refractivity contribution in [3.05, 3.63) is 41.5 Å². The topological polar surface area (TPSA) is 81.3 Å². The number of thiophene rings is 1. The Morgan fingerprint density at radius 3 is 2.88 bits per heavy atom. The first-order chi connectivity index (χ1) is 12.1. The lowest BCUT2D eigenvalue weighted by Gasteiger charge is -2.32. The summed E-state index contributed by atoms with van der Waals surface area (Å²) in [6.45, 7) is 3.41. The van der Waals surface area contributed by atoms with Crippen LogP contribution in [0.2, 0.25) is 0 Å². The number of anilines is 1. The van der Waals surface area contributed by atoms with Crippen LogP contribution in [0, 0.1) is 6.92 Å². The summed E-state index contributed by atoms with van der Waals surface area (Å²) < 4.78 is 5.47. The Morgan fingerprint density at radius 1 is 1.32 bits per heavy atom. The van der Waals surface area contributed by atoms with Crippen LogP contribution in [-0.2, 0) is 9.53 Å². The standard InChI is InChI=1S/C18H18N4O2S/c1-11-20-17(22-7-8-24-14(9-22)16(19)23)15-13(10-25-18(15)21-11)12-5-3-2-4-6-12/h2-6,10,14H,7-9H2,1H3,(H2,19,23). The number of aromatic nitrogens is 2. The smallest absolute Gasteiger partial charge is 0.248 e. The summed E-state index contributed by atoms with van der Waals surface area (Å²) in [6, 6.07) is 10.2. The fraction of sp³-hybridized carbons (Fsp3) is 0.278. The molecule has 1 fully saturated rings. The van der Waals surface area contributed by atoms with E-state index >= 15 is 0 Å². The van der Waals surface area contributed by atoms with Gasteiger partial charge < -0.3 is 15.4 Å². The predicted octanol–water partition coefficient (Wildman–Crippen LogP) is 2.36. The minimum atomic E-state index is -0.613. The molecule has 0 spiro atoms. The zero-order valence-corrected chi connectivity index (χ0v) is 14.6. The maximum Gasteiger partial charge on any atom is 0.248 e. The van der Waals surface area contributed by atoms with Gasteiger partial charge in [-0.05, 0) is 12.5 Å². The summed E-state index contributed by atoms with van der Waals surface area (Å²) >= 11 is 1.61. The second kappa shape index (κ2) is 6.42. The van der Waals surface area contributed by atoms with Crippen molar-refractivity contribution < 1.29 is 9.53 Å². The summed E-state index contributed by atoms with van der Waals surface area (Å²) in [5, 5.41) is 3.14. The van der Waals surface area contributed by atoms with E-state index in [0.29, 0.717) is 25.5 Å². The fourth-order valence-corrected chi connectivity index (χ4v) is 4.09.